The van der Waals surface area contributed by atoms with Crippen LogP contribution in [0.2, 0.25) is 0 Å². The minimum Gasteiger partial charge on any atom is -0.480 e. The maximum absolute atomic E-state index is 10.1. The molecule has 0 spiro atoms. The van der Waals surface area contributed by atoms with Gasteiger partial charge in [-0.05, 0) is 0 Å². The summed E-state index contributed by atoms with van der Waals surface area (Å²) >= 11 is 1.44. The fourth-order valence-electron chi connectivity index (χ4n) is 0.567. The summed E-state index contributed by atoms with van der Waals surface area (Å²) in [5.74, 6) is 0.0664. The van der Waals surface area contributed by atoms with Gasteiger partial charge in [0.2, 0.25) is 0 Å². The molecule has 0 aromatic rings. The molecular formula is C4H7NO2S. The third-order valence-corrected chi connectivity index (χ3v) is 2.13. The minimum absolute atomic E-state index is 0.213. The number of carboxylic acid groups (broad SMARTS) is 1. The fraction of sp³-hybridized carbons (Fsp3) is 0.750. The van der Waals surface area contributed by atoms with Crippen LogP contribution in [-0.2, 0) is 4.79 Å². The van der Waals surface area contributed by atoms with Crippen LogP contribution in [0.25, 0.3) is 0 Å². The lowest BCUT2D eigenvalue weighted by atomic mass is 10.4. The van der Waals surface area contributed by atoms with Crippen molar-refractivity contribution in [1.82, 2.24) is 5.32 Å². The lowest BCUT2D eigenvalue weighted by molar-refractivity contribution is -0.136. The molecule has 0 bridgehead atoms. The van der Waals surface area contributed by atoms with E-state index in [1.54, 1.807) is 0 Å². The van der Waals surface area contributed by atoms with Crippen LogP contribution < -0.4 is 5.32 Å². The highest BCUT2D eigenvalue weighted by Gasteiger charge is 2.21. The number of carboxylic acids is 1. The number of carbonyl (C=O) groups is 1. The number of nitrogens with one attached hydrogen (secondary N) is 1. The lowest BCUT2D eigenvalue weighted by Gasteiger charge is -1.95. The van der Waals surface area contributed by atoms with Crippen molar-refractivity contribution >= 4 is 17.7 Å². The average Bonchev–Trinajstić information content (AvgIpc) is 2.12. The Bertz CT molecular complexity index is 100. The molecule has 1 saturated heterocycles. The molecule has 1 atom stereocenters. The molecule has 4 heteroatoms. The van der Waals surface area contributed by atoms with Gasteiger partial charge in [-0.3, -0.25) is 4.79 Å². The molecule has 1 heterocycles. The number of thioether (sulfide) groups is 1. The zero-order valence-corrected chi connectivity index (χ0v) is 5.07. The van der Waals surface area contributed by atoms with E-state index in [2.05, 4.69) is 5.32 Å². The largest absolute Gasteiger partial charge is 0.480 e. The van der Waals surface area contributed by atoms with E-state index < -0.39 is 5.97 Å². The van der Waals surface area contributed by atoms with Gasteiger partial charge in [0.15, 0.2) is 0 Å². The highest BCUT2D eigenvalue weighted by molar-refractivity contribution is 8.00. The Kier molecular flexibility index (Phi) is 1.75. The summed E-state index contributed by atoms with van der Waals surface area (Å²) in [6.07, 6.45) is 0. The van der Waals surface area contributed by atoms with Crippen LogP contribution in [0.4, 0.5) is 0 Å². The number of rotatable bonds is 1. The summed E-state index contributed by atoms with van der Waals surface area (Å²) in [6.45, 7) is 0.611. The van der Waals surface area contributed by atoms with Crippen molar-refractivity contribution in [2.24, 2.45) is 0 Å². The summed E-state index contributed by atoms with van der Waals surface area (Å²) in [7, 11) is 0. The molecule has 0 radical (unpaired) electrons. The van der Waals surface area contributed by atoms with Crippen LogP contribution in [0.5, 0.6) is 0 Å². The lowest BCUT2D eigenvalue weighted by Crippen LogP contribution is -2.20. The fourth-order valence-corrected chi connectivity index (χ4v) is 1.38. The Morgan fingerprint density at radius 2 is 2.62 bits per heavy atom. The molecule has 46 valence electrons. The van der Waals surface area contributed by atoms with Crippen LogP contribution in [0, 0.1) is 0 Å². The predicted molar refractivity (Wildman–Crippen MR) is 31.9 cm³/mol. The molecule has 0 aromatic carbocycles. The molecule has 0 aromatic heterocycles. The maximum atomic E-state index is 10.1. The second-order valence-corrected chi connectivity index (χ2v) is 2.78. The van der Waals surface area contributed by atoms with Crippen LogP contribution in [-0.4, -0.2) is 28.7 Å². The number of aliphatic carboxylic acids is 1. The first kappa shape index (κ1) is 5.91. The molecular weight excluding hydrogens is 126 g/mol. The maximum Gasteiger partial charge on any atom is 0.317 e. The van der Waals surface area contributed by atoms with Crippen molar-refractivity contribution in [3.63, 3.8) is 0 Å². The van der Waals surface area contributed by atoms with Crippen LogP contribution >= 0.6 is 11.8 Å². The van der Waals surface area contributed by atoms with E-state index >= 15 is 0 Å². The zero-order chi connectivity index (χ0) is 5.98. The standard InChI is InChI=1S/C4H7NO2S/c6-4(7)3-1-5-2-8-3/h3,5H,1-2H2,(H,6,7)/t3-/m1/s1. The predicted octanol–water partition coefficient (Wildman–Crippen LogP) is -0.266. The zero-order valence-electron chi connectivity index (χ0n) is 4.26. The minimum atomic E-state index is -0.708. The molecule has 8 heavy (non-hydrogen) atoms. The van der Waals surface area contributed by atoms with Gasteiger partial charge in [0.1, 0.15) is 5.25 Å². The average molecular weight is 133 g/mol. The topological polar surface area (TPSA) is 49.3 Å². The van der Waals surface area contributed by atoms with E-state index in [-0.39, 0.29) is 5.25 Å². The third-order valence-electron chi connectivity index (χ3n) is 0.992. The highest BCUT2D eigenvalue weighted by Crippen LogP contribution is 2.13. The first-order valence-electron chi connectivity index (χ1n) is 2.36. The molecule has 1 aliphatic heterocycles. The van der Waals surface area contributed by atoms with Gasteiger partial charge in [-0.15, -0.1) is 11.8 Å². The Morgan fingerprint density at radius 1 is 1.88 bits per heavy atom. The normalized spacial score (nSPS) is 28.2. The first-order chi connectivity index (χ1) is 3.80. The number of hydrogen-bond acceptors (Lipinski definition) is 3. The van der Waals surface area contributed by atoms with Gasteiger partial charge in [-0.25, -0.2) is 0 Å². The van der Waals surface area contributed by atoms with Crippen LogP contribution in [0.1, 0.15) is 0 Å². The molecule has 0 unspecified atom stereocenters. The molecule has 0 aliphatic carbocycles. The van der Waals surface area contributed by atoms with Crippen molar-refractivity contribution in [1.29, 1.82) is 0 Å². The van der Waals surface area contributed by atoms with Gasteiger partial charge in [0.05, 0.1) is 0 Å². The third kappa shape index (κ3) is 1.14. The van der Waals surface area contributed by atoms with Gasteiger partial charge in [-0.2, -0.15) is 0 Å². The smallest absolute Gasteiger partial charge is 0.317 e. The van der Waals surface area contributed by atoms with Gasteiger partial charge < -0.3 is 10.4 Å². The van der Waals surface area contributed by atoms with Crippen molar-refractivity contribution < 1.29 is 9.90 Å². The molecule has 2 N–H and O–H groups in total. The SMILES string of the molecule is O=C(O)[C@H]1CNCS1. The quantitative estimate of drug-likeness (QED) is 0.517. The van der Waals surface area contributed by atoms with E-state index in [0.29, 0.717) is 6.54 Å². The summed E-state index contributed by atoms with van der Waals surface area (Å²) in [5, 5.41) is 11.1. The van der Waals surface area contributed by atoms with Crippen molar-refractivity contribution in [2.45, 2.75) is 5.25 Å². The van der Waals surface area contributed by atoms with E-state index in [1.807, 2.05) is 0 Å². The van der Waals surface area contributed by atoms with Crippen molar-refractivity contribution in [2.75, 3.05) is 12.4 Å². The van der Waals surface area contributed by atoms with Gasteiger partial charge in [0.25, 0.3) is 0 Å². The van der Waals surface area contributed by atoms with E-state index in [0.717, 1.165) is 5.88 Å². The monoisotopic (exact) mass is 133 g/mol. The molecule has 3 nitrogen and oxygen atoms in total. The number of hydrogen-bond donors (Lipinski definition) is 2. The molecule has 1 rings (SSSR count). The van der Waals surface area contributed by atoms with Crippen molar-refractivity contribution in [3.05, 3.63) is 0 Å². The van der Waals surface area contributed by atoms with Crippen molar-refractivity contribution in [3.8, 4) is 0 Å². The van der Waals surface area contributed by atoms with Crippen LogP contribution in [0.3, 0.4) is 0 Å². The highest BCUT2D eigenvalue weighted by atomic mass is 32.2. The molecule has 1 fully saturated rings. The summed E-state index contributed by atoms with van der Waals surface area (Å²) < 4.78 is 0. The van der Waals surface area contributed by atoms with E-state index in [1.165, 1.54) is 11.8 Å². The molecule has 1 aliphatic rings. The second-order valence-electron chi connectivity index (χ2n) is 1.59. The van der Waals surface area contributed by atoms with Crippen LogP contribution in [0.15, 0.2) is 0 Å². The summed E-state index contributed by atoms with van der Waals surface area (Å²) in [5.41, 5.74) is 0. The first-order valence-corrected chi connectivity index (χ1v) is 3.40. The van der Waals surface area contributed by atoms with E-state index in [9.17, 15) is 4.79 Å². The van der Waals surface area contributed by atoms with Gasteiger partial charge in [-0.1, -0.05) is 0 Å². The summed E-state index contributed by atoms with van der Waals surface area (Å²) in [4.78, 5) is 10.1. The second kappa shape index (κ2) is 2.37. The Labute approximate surface area is 51.5 Å². The Hall–Kier alpha value is -0.220. The Balaban J connectivity index is 2.35. The van der Waals surface area contributed by atoms with E-state index in [4.69, 9.17) is 5.11 Å². The Morgan fingerprint density at radius 3 is 2.88 bits per heavy atom. The molecule has 0 amide bonds. The van der Waals surface area contributed by atoms with Gasteiger partial charge in [0, 0.05) is 12.4 Å². The summed E-state index contributed by atoms with van der Waals surface area (Å²) in [6, 6.07) is 0. The van der Waals surface area contributed by atoms with Gasteiger partial charge >= 0.3 is 5.97 Å². The molecule has 0 saturated carbocycles.